The van der Waals surface area contributed by atoms with Crippen LogP contribution in [0.15, 0.2) is 30.3 Å². The Balaban J connectivity index is 1.68. The van der Waals surface area contributed by atoms with Gasteiger partial charge in [0.2, 0.25) is 0 Å². The van der Waals surface area contributed by atoms with Crippen molar-refractivity contribution in [1.29, 1.82) is 0 Å². The Labute approximate surface area is 130 Å². The Bertz CT molecular complexity index is 676. The molecule has 0 bridgehead atoms. The maximum atomic E-state index is 12.5. The maximum Gasteiger partial charge on any atom is 0.416 e. The largest absolute Gasteiger partial charge is 0.416 e. The van der Waals surface area contributed by atoms with Crippen LogP contribution in [0.4, 0.5) is 13.2 Å². The van der Waals surface area contributed by atoms with Crippen molar-refractivity contribution in [3.8, 4) is 0 Å². The van der Waals surface area contributed by atoms with Crippen molar-refractivity contribution in [1.82, 2.24) is 4.90 Å². The average molecular weight is 325 g/mol. The standard InChI is InChI=1S/C16H14F3NOS/c17-16(18,19)13-3-1-11(2-4-13)8-20-6-5-12-7-14(10-21)22-15(12)9-20/h1-4,7,10H,5-6,8-9H2. The molecule has 2 nitrogen and oxygen atoms in total. The molecule has 0 spiro atoms. The molecular formula is C16H14F3NOS. The molecule has 2 aromatic rings. The van der Waals surface area contributed by atoms with Gasteiger partial charge in [0.15, 0.2) is 6.29 Å². The first-order chi connectivity index (χ1) is 10.5. The lowest BCUT2D eigenvalue weighted by molar-refractivity contribution is -0.137. The molecule has 1 aromatic heterocycles. The minimum Gasteiger partial charge on any atom is -0.297 e. The van der Waals surface area contributed by atoms with E-state index in [1.54, 1.807) is 0 Å². The van der Waals surface area contributed by atoms with Crippen LogP contribution >= 0.6 is 11.3 Å². The molecule has 2 heterocycles. The molecular weight excluding hydrogens is 311 g/mol. The van der Waals surface area contributed by atoms with Crippen molar-refractivity contribution < 1.29 is 18.0 Å². The molecule has 22 heavy (non-hydrogen) atoms. The molecule has 0 unspecified atom stereocenters. The van der Waals surface area contributed by atoms with Gasteiger partial charge in [-0.25, -0.2) is 0 Å². The van der Waals surface area contributed by atoms with E-state index in [1.807, 2.05) is 6.07 Å². The van der Waals surface area contributed by atoms with Crippen LogP contribution in [-0.4, -0.2) is 17.7 Å². The number of hydrogen-bond acceptors (Lipinski definition) is 3. The van der Waals surface area contributed by atoms with Gasteiger partial charge in [-0.3, -0.25) is 9.69 Å². The molecule has 0 amide bonds. The smallest absolute Gasteiger partial charge is 0.297 e. The van der Waals surface area contributed by atoms with E-state index < -0.39 is 11.7 Å². The lowest BCUT2D eigenvalue weighted by Gasteiger charge is -2.26. The van der Waals surface area contributed by atoms with Crippen LogP contribution < -0.4 is 0 Å². The number of benzene rings is 1. The van der Waals surface area contributed by atoms with Gasteiger partial charge in [-0.1, -0.05) is 12.1 Å². The predicted octanol–water partition coefficient (Wildman–Crippen LogP) is 4.14. The molecule has 0 radical (unpaired) electrons. The summed E-state index contributed by atoms with van der Waals surface area (Å²) < 4.78 is 37.6. The summed E-state index contributed by atoms with van der Waals surface area (Å²) in [4.78, 5) is 14.9. The molecule has 1 aliphatic rings. The Morgan fingerprint density at radius 1 is 1.23 bits per heavy atom. The fraction of sp³-hybridized carbons (Fsp3) is 0.312. The molecule has 6 heteroatoms. The highest BCUT2D eigenvalue weighted by molar-refractivity contribution is 7.13. The summed E-state index contributed by atoms with van der Waals surface area (Å²) in [5.41, 5.74) is 1.46. The van der Waals surface area contributed by atoms with Crippen LogP contribution in [-0.2, 0) is 25.7 Å². The van der Waals surface area contributed by atoms with Gasteiger partial charge in [-0.15, -0.1) is 11.3 Å². The lowest BCUT2D eigenvalue weighted by atomic mass is 10.1. The fourth-order valence-corrected chi connectivity index (χ4v) is 3.72. The van der Waals surface area contributed by atoms with Gasteiger partial charge >= 0.3 is 6.18 Å². The topological polar surface area (TPSA) is 20.3 Å². The number of thiophene rings is 1. The number of aldehydes is 1. The van der Waals surface area contributed by atoms with E-state index in [1.165, 1.54) is 33.9 Å². The predicted molar refractivity (Wildman–Crippen MR) is 79.0 cm³/mol. The second-order valence-electron chi connectivity index (χ2n) is 5.37. The van der Waals surface area contributed by atoms with Gasteiger partial charge in [0, 0.05) is 24.5 Å². The number of carbonyl (C=O) groups is 1. The highest BCUT2D eigenvalue weighted by atomic mass is 32.1. The Hall–Kier alpha value is -1.66. The average Bonchev–Trinajstić information content (AvgIpc) is 2.89. The van der Waals surface area contributed by atoms with E-state index in [4.69, 9.17) is 0 Å². The van der Waals surface area contributed by atoms with Crippen molar-refractivity contribution >= 4 is 17.6 Å². The summed E-state index contributed by atoms with van der Waals surface area (Å²) in [7, 11) is 0. The molecule has 0 aliphatic carbocycles. The van der Waals surface area contributed by atoms with Gasteiger partial charge in [0.1, 0.15) is 0 Å². The molecule has 116 valence electrons. The second-order valence-corrected chi connectivity index (χ2v) is 6.54. The monoisotopic (exact) mass is 325 g/mol. The minimum absolute atomic E-state index is 0.617. The van der Waals surface area contributed by atoms with Crippen LogP contribution in [0.5, 0.6) is 0 Å². The zero-order valence-corrected chi connectivity index (χ0v) is 12.5. The summed E-state index contributed by atoms with van der Waals surface area (Å²) in [6.07, 6.45) is -2.55. The molecule has 1 aromatic carbocycles. The first kappa shape index (κ1) is 15.2. The van der Waals surface area contributed by atoms with E-state index in [9.17, 15) is 18.0 Å². The molecule has 0 N–H and O–H groups in total. The van der Waals surface area contributed by atoms with Crippen molar-refractivity contribution in [3.63, 3.8) is 0 Å². The second kappa shape index (κ2) is 5.85. The molecule has 0 saturated carbocycles. The maximum absolute atomic E-state index is 12.5. The van der Waals surface area contributed by atoms with Gasteiger partial charge in [-0.2, -0.15) is 13.2 Å². The van der Waals surface area contributed by atoms with Gasteiger partial charge in [-0.05, 0) is 35.7 Å². The number of alkyl halides is 3. The highest BCUT2D eigenvalue weighted by Gasteiger charge is 2.30. The van der Waals surface area contributed by atoms with Gasteiger partial charge < -0.3 is 0 Å². The zero-order valence-electron chi connectivity index (χ0n) is 11.7. The Morgan fingerprint density at radius 3 is 2.59 bits per heavy atom. The first-order valence-corrected chi connectivity index (χ1v) is 7.72. The highest BCUT2D eigenvalue weighted by Crippen LogP contribution is 2.30. The fourth-order valence-electron chi connectivity index (χ4n) is 2.65. The normalized spacial score (nSPS) is 15.6. The third-order valence-electron chi connectivity index (χ3n) is 3.78. The van der Waals surface area contributed by atoms with Gasteiger partial charge in [0.05, 0.1) is 10.4 Å². The molecule has 0 fully saturated rings. The van der Waals surface area contributed by atoms with E-state index in [2.05, 4.69) is 4.90 Å². The van der Waals surface area contributed by atoms with Crippen LogP contribution in [0.2, 0.25) is 0 Å². The number of fused-ring (bicyclic) bond motifs is 1. The number of carbonyl (C=O) groups excluding carboxylic acids is 1. The van der Waals surface area contributed by atoms with Gasteiger partial charge in [0.25, 0.3) is 0 Å². The lowest BCUT2D eigenvalue weighted by Crippen LogP contribution is -2.29. The molecule has 0 saturated heterocycles. The molecule has 0 atom stereocenters. The third kappa shape index (κ3) is 3.23. The van der Waals surface area contributed by atoms with Crippen molar-refractivity contribution in [3.05, 3.63) is 56.8 Å². The van der Waals surface area contributed by atoms with Crippen molar-refractivity contribution in [2.45, 2.75) is 25.7 Å². The minimum atomic E-state index is -4.29. The number of hydrogen-bond donors (Lipinski definition) is 0. The summed E-state index contributed by atoms with van der Waals surface area (Å²) in [6.45, 7) is 2.21. The zero-order chi connectivity index (χ0) is 15.7. The summed E-state index contributed by atoms with van der Waals surface area (Å²) in [5, 5.41) is 0. The van der Waals surface area contributed by atoms with E-state index in [0.29, 0.717) is 6.54 Å². The number of nitrogens with zero attached hydrogens (tertiary/aromatic N) is 1. The van der Waals surface area contributed by atoms with Crippen LogP contribution in [0.3, 0.4) is 0 Å². The van der Waals surface area contributed by atoms with E-state index in [0.717, 1.165) is 48.4 Å². The Kier molecular flexibility index (Phi) is 4.06. The van der Waals surface area contributed by atoms with Crippen molar-refractivity contribution in [2.75, 3.05) is 6.54 Å². The van der Waals surface area contributed by atoms with E-state index >= 15 is 0 Å². The first-order valence-electron chi connectivity index (χ1n) is 6.91. The molecule has 3 rings (SSSR count). The number of rotatable bonds is 3. The van der Waals surface area contributed by atoms with Crippen LogP contribution in [0.1, 0.15) is 31.2 Å². The summed E-state index contributed by atoms with van der Waals surface area (Å²) >= 11 is 1.50. The third-order valence-corrected chi connectivity index (χ3v) is 4.87. The van der Waals surface area contributed by atoms with Crippen LogP contribution in [0, 0.1) is 0 Å². The summed E-state index contributed by atoms with van der Waals surface area (Å²) in [5.74, 6) is 0. The van der Waals surface area contributed by atoms with E-state index in [-0.39, 0.29) is 0 Å². The van der Waals surface area contributed by atoms with Crippen molar-refractivity contribution in [2.24, 2.45) is 0 Å². The number of halogens is 3. The summed E-state index contributed by atoms with van der Waals surface area (Å²) in [6, 6.07) is 7.25. The Morgan fingerprint density at radius 2 is 1.95 bits per heavy atom. The SMILES string of the molecule is O=Cc1cc2c(s1)CN(Cc1ccc(C(F)(F)F)cc1)CC2. The van der Waals surface area contributed by atoms with Crippen LogP contribution in [0.25, 0.3) is 0 Å². The molecule has 1 aliphatic heterocycles. The quantitative estimate of drug-likeness (QED) is 0.791.